The van der Waals surface area contributed by atoms with Gasteiger partial charge in [0, 0.05) is 19.8 Å². The van der Waals surface area contributed by atoms with Gasteiger partial charge in [0.25, 0.3) is 5.97 Å². The average molecular weight is 576 g/mol. The Morgan fingerprint density at radius 1 is 0.738 bits per heavy atom. The first-order chi connectivity index (χ1) is 20.3. The van der Waals surface area contributed by atoms with Crippen LogP contribution in [-0.4, -0.2) is 43.4 Å². The van der Waals surface area contributed by atoms with Crippen LogP contribution >= 0.6 is 0 Å². The van der Waals surface area contributed by atoms with E-state index in [1.807, 2.05) is 63.2 Å². The van der Waals surface area contributed by atoms with Crippen LogP contribution < -0.4 is 0 Å². The standard InChI is InChI=1S/C35H45NO6/c1-6-39-35(40-7-2,41-8-3)26-32(37)38-27-31(28-18-12-9-13-19-28)42-36-33(4,29-20-14-10-15-21-29)24-25-34(36,5)30-22-16-11-17-23-30/h9-23,31H,6-8,24-27H2,1-5H3. The lowest BCUT2D eigenvalue weighted by Gasteiger charge is -2.45. The Hall–Kier alpha value is -3.07. The minimum Gasteiger partial charge on any atom is -0.462 e. The molecule has 7 nitrogen and oxygen atoms in total. The van der Waals surface area contributed by atoms with Crippen molar-refractivity contribution in [1.82, 2.24) is 5.06 Å². The summed E-state index contributed by atoms with van der Waals surface area (Å²) < 4.78 is 23.1. The molecule has 3 atom stereocenters. The van der Waals surface area contributed by atoms with Crippen molar-refractivity contribution in [3.63, 3.8) is 0 Å². The lowest BCUT2D eigenvalue weighted by atomic mass is 9.89. The van der Waals surface area contributed by atoms with Crippen molar-refractivity contribution in [3.05, 3.63) is 108 Å². The summed E-state index contributed by atoms with van der Waals surface area (Å²) in [5, 5.41) is 2.14. The molecule has 1 fully saturated rings. The fraction of sp³-hybridized carbons (Fsp3) is 0.457. The van der Waals surface area contributed by atoms with E-state index in [-0.39, 0.29) is 13.0 Å². The maximum absolute atomic E-state index is 13.2. The van der Waals surface area contributed by atoms with Gasteiger partial charge in [-0.1, -0.05) is 91.0 Å². The molecule has 42 heavy (non-hydrogen) atoms. The predicted octanol–water partition coefficient (Wildman–Crippen LogP) is 7.28. The molecule has 1 heterocycles. The van der Waals surface area contributed by atoms with Crippen LogP contribution in [0.1, 0.15) is 76.7 Å². The normalized spacial score (nSPS) is 21.7. The molecule has 1 aliphatic rings. The van der Waals surface area contributed by atoms with E-state index in [4.69, 9.17) is 23.8 Å². The first kappa shape index (κ1) is 31.9. The van der Waals surface area contributed by atoms with Crippen molar-refractivity contribution in [2.24, 2.45) is 0 Å². The third-order valence-electron chi connectivity index (χ3n) is 8.04. The van der Waals surface area contributed by atoms with Gasteiger partial charge in [-0.05, 0) is 64.2 Å². The van der Waals surface area contributed by atoms with Crippen molar-refractivity contribution in [1.29, 1.82) is 0 Å². The van der Waals surface area contributed by atoms with E-state index >= 15 is 0 Å². The van der Waals surface area contributed by atoms with Gasteiger partial charge in [0.2, 0.25) is 0 Å². The number of carbonyl (C=O) groups excluding carboxylic acids is 1. The number of benzene rings is 3. The second kappa shape index (κ2) is 14.4. The van der Waals surface area contributed by atoms with Crippen LogP contribution in [-0.2, 0) is 39.7 Å². The molecule has 1 saturated heterocycles. The number of hydroxylamine groups is 2. The van der Waals surface area contributed by atoms with Crippen LogP contribution in [0, 0.1) is 0 Å². The molecule has 0 aliphatic carbocycles. The molecule has 4 rings (SSSR count). The van der Waals surface area contributed by atoms with E-state index in [9.17, 15) is 4.79 Å². The van der Waals surface area contributed by atoms with Gasteiger partial charge in [-0.3, -0.25) is 9.63 Å². The highest BCUT2D eigenvalue weighted by molar-refractivity contribution is 5.70. The van der Waals surface area contributed by atoms with Gasteiger partial charge in [0.1, 0.15) is 19.1 Å². The minimum absolute atomic E-state index is 0.00947. The molecule has 0 saturated carbocycles. The lowest BCUT2D eigenvalue weighted by Crippen LogP contribution is -2.49. The fourth-order valence-electron chi connectivity index (χ4n) is 5.90. The first-order valence-electron chi connectivity index (χ1n) is 15.0. The monoisotopic (exact) mass is 575 g/mol. The molecule has 0 amide bonds. The molecule has 226 valence electrons. The third-order valence-corrected chi connectivity index (χ3v) is 8.04. The Bertz CT molecular complexity index is 1170. The Kier molecular flexibility index (Phi) is 10.9. The summed E-state index contributed by atoms with van der Waals surface area (Å²) in [4.78, 5) is 20.2. The summed E-state index contributed by atoms with van der Waals surface area (Å²) in [6.07, 6.45) is 1.03. The zero-order chi connectivity index (χ0) is 30.1. The highest BCUT2D eigenvalue weighted by Crippen LogP contribution is 2.53. The van der Waals surface area contributed by atoms with Gasteiger partial charge in [0.15, 0.2) is 0 Å². The van der Waals surface area contributed by atoms with E-state index in [0.29, 0.717) is 19.8 Å². The average Bonchev–Trinajstić information content (AvgIpc) is 3.28. The van der Waals surface area contributed by atoms with Crippen LogP contribution in [0.15, 0.2) is 91.0 Å². The zero-order valence-corrected chi connectivity index (χ0v) is 25.6. The summed E-state index contributed by atoms with van der Waals surface area (Å²) in [7, 11) is 0. The maximum atomic E-state index is 13.2. The second-order valence-corrected chi connectivity index (χ2v) is 10.9. The number of hydrogen-bond acceptors (Lipinski definition) is 7. The molecule has 3 aromatic rings. The number of ether oxygens (including phenoxy) is 4. The third kappa shape index (κ3) is 7.10. The highest BCUT2D eigenvalue weighted by Gasteiger charge is 2.54. The summed E-state index contributed by atoms with van der Waals surface area (Å²) in [5.41, 5.74) is 2.41. The number of esters is 1. The number of carbonyl (C=O) groups is 1. The number of nitrogens with zero attached hydrogens (tertiary/aromatic N) is 1. The topological polar surface area (TPSA) is 66.5 Å². The van der Waals surface area contributed by atoms with Gasteiger partial charge >= 0.3 is 5.97 Å². The van der Waals surface area contributed by atoms with Crippen molar-refractivity contribution in [2.75, 3.05) is 26.4 Å². The zero-order valence-electron chi connectivity index (χ0n) is 25.6. The molecular formula is C35H45NO6. The van der Waals surface area contributed by atoms with Crippen molar-refractivity contribution in [3.8, 4) is 0 Å². The Morgan fingerprint density at radius 3 is 1.60 bits per heavy atom. The van der Waals surface area contributed by atoms with Crippen LogP contribution in [0.3, 0.4) is 0 Å². The van der Waals surface area contributed by atoms with Crippen molar-refractivity contribution >= 4 is 5.97 Å². The molecular weight excluding hydrogens is 530 g/mol. The van der Waals surface area contributed by atoms with Crippen LogP contribution in [0.4, 0.5) is 0 Å². The molecule has 7 heteroatoms. The Balaban J connectivity index is 1.65. The van der Waals surface area contributed by atoms with E-state index in [1.54, 1.807) is 0 Å². The SMILES string of the molecule is CCOC(CC(=O)OCC(ON1C(C)(c2ccccc2)CCC1(C)c1ccccc1)c1ccccc1)(OCC)OCC. The summed E-state index contributed by atoms with van der Waals surface area (Å²) in [6.45, 7) is 10.9. The van der Waals surface area contributed by atoms with Gasteiger partial charge in [-0.2, -0.15) is 5.06 Å². The van der Waals surface area contributed by atoms with E-state index in [1.165, 1.54) is 11.1 Å². The van der Waals surface area contributed by atoms with Gasteiger partial charge in [-0.25, -0.2) is 0 Å². The van der Waals surface area contributed by atoms with E-state index in [0.717, 1.165) is 18.4 Å². The molecule has 0 bridgehead atoms. The fourth-order valence-corrected chi connectivity index (χ4v) is 5.90. The number of hydrogen-bond donors (Lipinski definition) is 0. The molecule has 3 aromatic carbocycles. The van der Waals surface area contributed by atoms with Gasteiger partial charge in [0.05, 0.1) is 11.1 Å². The summed E-state index contributed by atoms with van der Waals surface area (Å²) in [6, 6.07) is 30.8. The maximum Gasteiger partial charge on any atom is 0.314 e. The summed E-state index contributed by atoms with van der Waals surface area (Å²) in [5.74, 6) is -1.97. The molecule has 0 spiro atoms. The van der Waals surface area contributed by atoms with Crippen LogP contribution in [0.25, 0.3) is 0 Å². The van der Waals surface area contributed by atoms with E-state index < -0.39 is 29.1 Å². The largest absolute Gasteiger partial charge is 0.462 e. The van der Waals surface area contributed by atoms with Crippen LogP contribution in [0.2, 0.25) is 0 Å². The molecule has 0 aromatic heterocycles. The smallest absolute Gasteiger partial charge is 0.314 e. The van der Waals surface area contributed by atoms with Gasteiger partial charge < -0.3 is 18.9 Å². The molecule has 0 radical (unpaired) electrons. The first-order valence-corrected chi connectivity index (χ1v) is 15.0. The summed E-state index contributed by atoms with van der Waals surface area (Å²) >= 11 is 0. The Labute approximate surface area is 250 Å². The minimum atomic E-state index is -1.48. The van der Waals surface area contributed by atoms with Crippen molar-refractivity contribution in [2.45, 2.75) is 77.0 Å². The quantitative estimate of drug-likeness (QED) is 0.139. The highest BCUT2D eigenvalue weighted by atomic mass is 16.9. The molecule has 3 unspecified atom stereocenters. The Morgan fingerprint density at radius 2 is 1.17 bits per heavy atom. The van der Waals surface area contributed by atoms with E-state index in [2.05, 4.69) is 67.4 Å². The van der Waals surface area contributed by atoms with Crippen molar-refractivity contribution < 1.29 is 28.6 Å². The van der Waals surface area contributed by atoms with Crippen LogP contribution in [0.5, 0.6) is 0 Å². The molecule has 0 N–H and O–H groups in total. The second-order valence-electron chi connectivity index (χ2n) is 10.9. The lowest BCUT2D eigenvalue weighted by molar-refractivity contribution is -0.376. The number of rotatable bonds is 15. The predicted molar refractivity (Wildman–Crippen MR) is 162 cm³/mol. The molecule has 1 aliphatic heterocycles. The van der Waals surface area contributed by atoms with Gasteiger partial charge in [-0.15, -0.1) is 0 Å².